The number of nitrogens with one attached hydrogen (secondary N) is 1. The largest absolute Gasteiger partial charge is 0.438 e. The van der Waals surface area contributed by atoms with Crippen molar-refractivity contribution in [3.05, 3.63) is 53.2 Å². The average molecular weight is 313 g/mol. The molecule has 0 saturated heterocycles. The van der Waals surface area contributed by atoms with Crippen LogP contribution in [0.1, 0.15) is 30.7 Å². The van der Waals surface area contributed by atoms with Gasteiger partial charge in [0.25, 0.3) is 0 Å². The number of rotatable bonds is 5. The smallest absolute Gasteiger partial charge is 0.230 e. The van der Waals surface area contributed by atoms with Gasteiger partial charge >= 0.3 is 0 Å². The van der Waals surface area contributed by atoms with Gasteiger partial charge in [-0.15, -0.1) is 0 Å². The minimum atomic E-state index is 0.355. The molecule has 0 aliphatic heterocycles. The lowest BCUT2D eigenvalue weighted by atomic mass is 10.2. The van der Waals surface area contributed by atoms with E-state index < -0.39 is 0 Å². The average Bonchev–Trinajstić information content (AvgIpc) is 2.49. The van der Waals surface area contributed by atoms with E-state index in [2.05, 4.69) is 29.3 Å². The van der Waals surface area contributed by atoms with Gasteiger partial charge in [-0.05, 0) is 49.6 Å². The molecule has 0 atom stereocenters. The van der Waals surface area contributed by atoms with Crippen molar-refractivity contribution in [3.63, 3.8) is 0 Å². The number of aryl methyl sites for hydroxylation is 2. The van der Waals surface area contributed by atoms with Crippen LogP contribution in [0.15, 0.2) is 41.4 Å². The minimum Gasteiger partial charge on any atom is -0.438 e. The summed E-state index contributed by atoms with van der Waals surface area (Å²) in [6.45, 7) is 8.62. The third-order valence-corrected chi connectivity index (χ3v) is 3.18. The molecule has 5 nitrogen and oxygen atoms in total. The molecule has 1 aromatic heterocycles. The number of benzene rings is 1. The van der Waals surface area contributed by atoms with Crippen molar-refractivity contribution < 1.29 is 9.94 Å². The van der Waals surface area contributed by atoms with Gasteiger partial charge in [0.15, 0.2) is 5.84 Å². The molecule has 0 aliphatic carbocycles. The first-order valence-corrected chi connectivity index (χ1v) is 7.66. The Morgan fingerprint density at radius 1 is 1.26 bits per heavy atom. The molecule has 2 rings (SSSR count). The highest BCUT2D eigenvalue weighted by Crippen LogP contribution is 2.24. The number of hydroxylamine groups is 1. The fourth-order valence-electron chi connectivity index (χ4n) is 2.04. The van der Waals surface area contributed by atoms with Gasteiger partial charge in [-0.3, -0.25) is 15.7 Å². The molecule has 0 bridgehead atoms. The lowest BCUT2D eigenvalue weighted by Gasteiger charge is -2.13. The van der Waals surface area contributed by atoms with Gasteiger partial charge in [0.2, 0.25) is 5.88 Å². The Kier molecular flexibility index (Phi) is 5.71. The first-order valence-electron chi connectivity index (χ1n) is 7.66. The van der Waals surface area contributed by atoms with E-state index in [4.69, 9.17) is 4.74 Å². The van der Waals surface area contributed by atoms with Crippen molar-refractivity contribution in [2.75, 3.05) is 6.54 Å². The molecule has 0 amide bonds. The lowest BCUT2D eigenvalue weighted by Crippen LogP contribution is -2.22. The molecule has 0 saturated carbocycles. The normalized spacial score (nSPS) is 11.7. The summed E-state index contributed by atoms with van der Waals surface area (Å²) in [5.41, 5.74) is 4.72. The SMILES string of the molecule is Cc1cccc(Oc2nc(C)ccc2C(=NCC(C)C)NO)c1. The van der Waals surface area contributed by atoms with Gasteiger partial charge in [-0.2, -0.15) is 0 Å². The highest BCUT2D eigenvalue weighted by atomic mass is 16.5. The van der Waals surface area contributed by atoms with E-state index in [-0.39, 0.29) is 0 Å². The van der Waals surface area contributed by atoms with Crippen molar-refractivity contribution >= 4 is 5.84 Å². The summed E-state index contributed by atoms with van der Waals surface area (Å²) in [4.78, 5) is 8.84. The molecule has 0 radical (unpaired) electrons. The van der Waals surface area contributed by atoms with E-state index in [0.717, 1.165) is 11.3 Å². The third kappa shape index (κ3) is 4.79. The number of aliphatic imine (C=N–C) groups is 1. The lowest BCUT2D eigenvalue weighted by molar-refractivity contribution is 0.234. The van der Waals surface area contributed by atoms with E-state index >= 15 is 0 Å². The number of ether oxygens (including phenoxy) is 1. The second kappa shape index (κ2) is 7.74. The monoisotopic (exact) mass is 313 g/mol. The van der Waals surface area contributed by atoms with Crippen LogP contribution in [0, 0.1) is 19.8 Å². The first kappa shape index (κ1) is 17.0. The number of aromatic nitrogens is 1. The Balaban J connectivity index is 2.38. The van der Waals surface area contributed by atoms with Crippen LogP contribution in [-0.2, 0) is 0 Å². The Morgan fingerprint density at radius 3 is 2.70 bits per heavy atom. The molecule has 5 heteroatoms. The third-order valence-electron chi connectivity index (χ3n) is 3.18. The van der Waals surface area contributed by atoms with Gasteiger partial charge in [-0.1, -0.05) is 26.0 Å². The van der Waals surface area contributed by atoms with Crippen LogP contribution >= 0.6 is 0 Å². The summed E-state index contributed by atoms with van der Waals surface area (Å²) in [6, 6.07) is 11.4. The van der Waals surface area contributed by atoms with Crippen molar-refractivity contribution in [2.24, 2.45) is 10.9 Å². The number of hydrogen-bond donors (Lipinski definition) is 2. The van der Waals surface area contributed by atoms with Crippen LogP contribution < -0.4 is 10.2 Å². The zero-order valence-electron chi connectivity index (χ0n) is 14.0. The van der Waals surface area contributed by atoms with Crippen molar-refractivity contribution in [1.29, 1.82) is 0 Å². The second-order valence-corrected chi connectivity index (χ2v) is 5.92. The quantitative estimate of drug-likeness (QED) is 0.499. The second-order valence-electron chi connectivity index (χ2n) is 5.92. The van der Waals surface area contributed by atoms with Crippen LogP contribution in [0.5, 0.6) is 11.6 Å². The van der Waals surface area contributed by atoms with E-state index in [1.807, 2.05) is 50.2 Å². The van der Waals surface area contributed by atoms with E-state index in [1.54, 1.807) is 0 Å². The summed E-state index contributed by atoms with van der Waals surface area (Å²) in [5.74, 6) is 1.86. The number of pyridine rings is 1. The maximum atomic E-state index is 9.43. The molecule has 0 fully saturated rings. The van der Waals surface area contributed by atoms with Crippen LogP contribution in [0.3, 0.4) is 0 Å². The molecular formula is C18H23N3O2. The van der Waals surface area contributed by atoms with Gasteiger partial charge in [-0.25, -0.2) is 4.98 Å². The number of nitrogens with zero attached hydrogens (tertiary/aromatic N) is 2. The molecule has 23 heavy (non-hydrogen) atoms. The van der Waals surface area contributed by atoms with Crippen molar-refractivity contribution in [3.8, 4) is 11.6 Å². The fourth-order valence-corrected chi connectivity index (χ4v) is 2.04. The highest BCUT2D eigenvalue weighted by molar-refractivity contribution is 6.00. The molecule has 0 spiro atoms. The number of amidine groups is 1. The molecule has 2 N–H and O–H groups in total. The maximum absolute atomic E-state index is 9.43. The molecule has 1 heterocycles. The summed E-state index contributed by atoms with van der Waals surface area (Å²) in [5, 5.41) is 9.43. The van der Waals surface area contributed by atoms with Crippen LogP contribution in [0.2, 0.25) is 0 Å². The highest BCUT2D eigenvalue weighted by Gasteiger charge is 2.13. The zero-order chi connectivity index (χ0) is 16.8. The van der Waals surface area contributed by atoms with Gasteiger partial charge in [0, 0.05) is 12.2 Å². The van der Waals surface area contributed by atoms with Crippen molar-refractivity contribution in [1.82, 2.24) is 10.5 Å². The van der Waals surface area contributed by atoms with Gasteiger partial charge in [0.1, 0.15) is 5.75 Å². The molecular weight excluding hydrogens is 290 g/mol. The van der Waals surface area contributed by atoms with E-state index in [9.17, 15) is 5.21 Å². The summed E-state index contributed by atoms with van der Waals surface area (Å²) < 4.78 is 5.92. The summed E-state index contributed by atoms with van der Waals surface area (Å²) >= 11 is 0. The Bertz CT molecular complexity index is 696. The van der Waals surface area contributed by atoms with Gasteiger partial charge < -0.3 is 4.74 Å². The van der Waals surface area contributed by atoms with Crippen LogP contribution in [0.25, 0.3) is 0 Å². The van der Waals surface area contributed by atoms with Crippen LogP contribution in [0.4, 0.5) is 0 Å². The summed E-state index contributed by atoms with van der Waals surface area (Å²) in [7, 11) is 0. The molecule has 1 aromatic carbocycles. The molecule has 2 aromatic rings. The van der Waals surface area contributed by atoms with E-state index in [0.29, 0.717) is 35.5 Å². The Labute approximate surface area is 137 Å². The first-order chi connectivity index (χ1) is 11.0. The zero-order valence-corrected chi connectivity index (χ0v) is 14.0. The summed E-state index contributed by atoms with van der Waals surface area (Å²) in [6.07, 6.45) is 0. The minimum absolute atomic E-state index is 0.355. The standard InChI is InChI=1S/C18H23N3O2/c1-12(2)11-19-17(21-22)16-9-8-14(4)20-18(16)23-15-7-5-6-13(3)10-15/h5-10,12,22H,11H2,1-4H3,(H,19,21). The van der Waals surface area contributed by atoms with Crippen LogP contribution in [-0.4, -0.2) is 22.6 Å². The number of hydrogen-bond acceptors (Lipinski definition) is 4. The molecule has 122 valence electrons. The van der Waals surface area contributed by atoms with E-state index in [1.165, 1.54) is 0 Å². The van der Waals surface area contributed by atoms with Gasteiger partial charge in [0.05, 0.1) is 5.56 Å². The van der Waals surface area contributed by atoms with Crippen molar-refractivity contribution in [2.45, 2.75) is 27.7 Å². The predicted octanol–water partition coefficient (Wildman–Crippen LogP) is 3.87. The topological polar surface area (TPSA) is 66.7 Å². The molecule has 0 unspecified atom stereocenters. The Morgan fingerprint density at radius 2 is 2.04 bits per heavy atom. The Hall–Kier alpha value is -2.40. The fraction of sp³-hybridized carbons (Fsp3) is 0.333. The predicted molar refractivity (Wildman–Crippen MR) is 91.4 cm³/mol. The maximum Gasteiger partial charge on any atom is 0.230 e. The molecule has 0 aliphatic rings.